The molecule has 0 atom stereocenters. The third-order valence-electron chi connectivity index (χ3n) is 5.48. The molecule has 1 saturated heterocycles. The second-order valence-corrected chi connectivity index (χ2v) is 7.47. The number of benzene rings is 1. The molecule has 2 aliphatic rings. The number of urea groups is 1. The van der Waals surface area contributed by atoms with Crippen molar-refractivity contribution in [3.05, 3.63) is 52.8 Å². The first-order valence-corrected chi connectivity index (χ1v) is 9.70. The summed E-state index contributed by atoms with van der Waals surface area (Å²) < 4.78 is 5.78. The van der Waals surface area contributed by atoms with Gasteiger partial charge >= 0.3 is 12.0 Å². The number of aromatic carboxylic acids is 1. The topological polar surface area (TPSA) is 117 Å². The highest BCUT2D eigenvalue weighted by atomic mass is 16.4. The number of carbonyl (C=O) groups is 4. The molecular weight excluding hydrogens is 388 g/mol. The number of furan rings is 1. The Hall–Kier alpha value is -3.68. The van der Waals surface area contributed by atoms with Gasteiger partial charge in [-0.05, 0) is 55.7 Å². The lowest BCUT2D eigenvalue weighted by Gasteiger charge is -2.30. The van der Waals surface area contributed by atoms with Gasteiger partial charge < -0.3 is 9.52 Å². The van der Waals surface area contributed by atoms with E-state index < -0.39 is 23.8 Å². The molecule has 1 aromatic heterocycles. The molecular formula is C22H20N2O6. The Morgan fingerprint density at radius 1 is 1.17 bits per heavy atom. The zero-order valence-electron chi connectivity index (χ0n) is 16.3. The number of hydrogen-bond donors (Lipinski definition) is 2. The number of imide groups is 2. The van der Waals surface area contributed by atoms with Crippen molar-refractivity contribution in [1.29, 1.82) is 0 Å². The van der Waals surface area contributed by atoms with Crippen LogP contribution < -0.4 is 5.32 Å². The van der Waals surface area contributed by atoms with Gasteiger partial charge in [-0.25, -0.2) is 9.59 Å². The van der Waals surface area contributed by atoms with Gasteiger partial charge in [0.15, 0.2) is 0 Å². The van der Waals surface area contributed by atoms with Crippen LogP contribution in [0.5, 0.6) is 0 Å². The Balaban J connectivity index is 1.63. The van der Waals surface area contributed by atoms with Crippen molar-refractivity contribution in [3.8, 4) is 11.3 Å². The van der Waals surface area contributed by atoms with E-state index >= 15 is 0 Å². The van der Waals surface area contributed by atoms with Crippen LogP contribution in [0.3, 0.4) is 0 Å². The number of nitrogens with zero attached hydrogens (tertiary/aromatic N) is 1. The van der Waals surface area contributed by atoms with E-state index in [4.69, 9.17) is 9.52 Å². The minimum atomic E-state index is -1.02. The lowest BCUT2D eigenvalue weighted by atomic mass is 10.0. The highest BCUT2D eigenvalue weighted by Gasteiger charge is 2.40. The molecule has 2 heterocycles. The SMILES string of the molecule is Cc1cc(C(=O)O)ccc1-c1ccc(/C=C2\C(=O)NC(=O)N(C3CCCC3)C2=O)o1. The Kier molecular flexibility index (Phi) is 4.99. The number of hydrogen-bond acceptors (Lipinski definition) is 5. The molecule has 0 bridgehead atoms. The number of nitrogens with one attached hydrogen (secondary N) is 1. The Bertz CT molecular complexity index is 1090. The van der Waals surface area contributed by atoms with Gasteiger partial charge in [0.1, 0.15) is 17.1 Å². The van der Waals surface area contributed by atoms with Crippen LogP contribution in [0, 0.1) is 6.92 Å². The van der Waals surface area contributed by atoms with E-state index in [1.165, 1.54) is 12.1 Å². The van der Waals surface area contributed by atoms with Gasteiger partial charge in [0.2, 0.25) is 0 Å². The van der Waals surface area contributed by atoms with Gasteiger partial charge in [0.25, 0.3) is 11.8 Å². The maximum Gasteiger partial charge on any atom is 0.335 e. The van der Waals surface area contributed by atoms with Gasteiger partial charge in [-0.15, -0.1) is 0 Å². The highest BCUT2D eigenvalue weighted by Crippen LogP contribution is 2.29. The van der Waals surface area contributed by atoms with Crippen molar-refractivity contribution in [3.63, 3.8) is 0 Å². The number of barbiturate groups is 1. The third-order valence-corrected chi connectivity index (χ3v) is 5.48. The molecule has 0 spiro atoms. The summed E-state index contributed by atoms with van der Waals surface area (Å²) in [5, 5.41) is 11.3. The van der Waals surface area contributed by atoms with E-state index in [1.807, 2.05) is 0 Å². The average Bonchev–Trinajstić information content (AvgIpc) is 3.37. The second-order valence-electron chi connectivity index (χ2n) is 7.47. The predicted octanol–water partition coefficient (Wildman–Crippen LogP) is 3.36. The summed E-state index contributed by atoms with van der Waals surface area (Å²) in [6, 6.07) is 7.09. The van der Waals surface area contributed by atoms with Crippen LogP contribution in [-0.4, -0.2) is 39.9 Å². The molecule has 8 nitrogen and oxygen atoms in total. The Morgan fingerprint density at radius 3 is 2.57 bits per heavy atom. The van der Waals surface area contributed by atoms with Crippen LogP contribution >= 0.6 is 0 Å². The van der Waals surface area contributed by atoms with Crippen LogP contribution in [0.15, 0.2) is 40.3 Å². The zero-order valence-corrected chi connectivity index (χ0v) is 16.3. The summed E-state index contributed by atoms with van der Waals surface area (Å²) in [7, 11) is 0. The molecule has 1 saturated carbocycles. The minimum Gasteiger partial charge on any atom is -0.478 e. The standard InChI is InChI=1S/C22H20N2O6/c1-12-10-13(21(27)28)6-8-16(12)18-9-7-15(30-18)11-17-19(25)23-22(29)24(20(17)26)14-4-2-3-5-14/h6-11,14H,2-5H2,1H3,(H,27,28)(H,23,25,29)/b17-11+. The quantitative estimate of drug-likeness (QED) is 0.592. The van der Waals surface area contributed by atoms with Gasteiger partial charge in [-0.1, -0.05) is 18.9 Å². The van der Waals surface area contributed by atoms with Gasteiger partial charge in [0, 0.05) is 11.6 Å². The normalized spacial score (nSPS) is 18.9. The fraction of sp³-hybridized carbons (Fsp3) is 0.273. The summed E-state index contributed by atoms with van der Waals surface area (Å²) in [4.78, 5) is 49.5. The van der Waals surface area contributed by atoms with E-state index in [0.29, 0.717) is 16.9 Å². The molecule has 4 rings (SSSR count). The summed E-state index contributed by atoms with van der Waals surface area (Å²) in [6.07, 6.45) is 4.68. The predicted molar refractivity (Wildman–Crippen MR) is 106 cm³/mol. The van der Waals surface area contributed by atoms with E-state index in [-0.39, 0.29) is 22.9 Å². The molecule has 1 aliphatic carbocycles. The second kappa shape index (κ2) is 7.62. The van der Waals surface area contributed by atoms with Crippen molar-refractivity contribution in [2.45, 2.75) is 38.6 Å². The molecule has 2 N–H and O–H groups in total. The first-order chi connectivity index (χ1) is 14.3. The van der Waals surface area contributed by atoms with E-state index in [0.717, 1.165) is 30.6 Å². The van der Waals surface area contributed by atoms with Crippen molar-refractivity contribution in [1.82, 2.24) is 10.2 Å². The average molecular weight is 408 g/mol. The van der Waals surface area contributed by atoms with Crippen LogP contribution in [0.25, 0.3) is 17.4 Å². The van der Waals surface area contributed by atoms with E-state index in [1.54, 1.807) is 31.2 Å². The van der Waals surface area contributed by atoms with Crippen molar-refractivity contribution in [2.75, 3.05) is 0 Å². The van der Waals surface area contributed by atoms with Crippen LogP contribution in [-0.2, 0) is 9.59 Å². The first kappa shape index (κ1) is 19.6. The molecule has 1 aromatic carbocycles. The molecule has 8 heteroatoms. The first-order valence-electron chi connectivity index (χ1n) is 9.70. The van der Waals surface area contributed by atoms with Crippen LogP contribution in [0.4, 0.5) is 4.79 Å². The van der Waals surface area contributed by atoms with Gasteiger partial charge in [-0.2, -0.15) is 0 Å². The molecule has 0 radical (unpaired) electrons. The summed E-state index contributed by atoms with van der Waals surface area (Å²) in [6.45, 7) is 1.77. The fourth-order valence-corrected chi connectivity index (χ4v) is 3.96. The smallest absolute Gasteiger partial charge is 0.335 e. The number of aryl methyl sites for hydroxylation is 1. The van der Waals surface area contributed by atoms with Crippen molar-refractivity contribution >= 4 is 29.9 Å². The summed E-state index contributed by atoms with van der Waals surface area (Å²) in [5.74, 6) is -1.62. The lowest BCUT2D eigenvalue weighted by molar-refractivity contribution is -0.131. The monoisotopic (exact) mass is 408 g/mol. The maximum absolute atomic E-state index is 12.8. The van der Waals surface area contributed by atoms with E-state index in [2.05, 4.69) is 5.32 Å². The molecule has 2 aromatic rings. The molecule has 154 valence electrons. The number of rotatable bonds is 4. The number of carboxylic acid groups (broad SMARTS) is 1. The van der Waals surface area contributed by atoms with Crippen molar-refractivity contribution < 1.29 is 28.7 Å². The van der Waals surface area contributed by atoms with Crippen molar-refractivity contribution in [2.24, 2.45) is 0 Å². The zero-order chi connectivity index (χ0) is 21.4. The number of carboxylic acids is 1. The Labute approximate surface area is 172 Å². The van der Waals surface area contributed by atoms with Crippen LogP contribution in [0.1, 0.15) is 47.4 Å². The number of carbonyl (C=O) groups excluding carboxylic acids is 3. The third kappa shape index (κ3) is 3.52. The molecule has 2 fully saturated rings. The molecule has 1 aliphatic heterocycles. The lowest BCUT2D eigenvalue weighted by Crippen LogP contribution is -2.57. The fourth-order valence-electron chi connectivity index (χ4n) is 3.96. The largest absolute Gasteiger partial charge is 0.478 e. The number of amides is 4. The Morgan fingerprint density at radius 2 is 1.90 bits per heavy atom. The maximum atomic E-state index is 12.8. The minimum absolute atomic E-state index is 0.152. The molecule has 30 heavy (non-hydrogen) atoms. The van der Waals surface area contributed by atoms with Gasteiger partial charge in [0.05, 0.1) is 5.56 Å². The molecule has 0 unspecified atom stereocenters. The van der Waals surface area contributed by atoms with Gasteiger partial charge in [-0.3, -0.25) is 19.8 Å². The molecule has 4 amide bonds. The summed E-state index contributed by atoms with van der Waals surface area (Å²) in [5.41, 5.74) is 1.44. The van der Waals surface area contributed by atoms with Crippen LogP contribution in [0.2, 0.25) is 0 Å². The van der Waals surface area contributed by atoms with E-state index in [9.17, 15) is 19.2 Å². The summed E-state index contributed by atoms with van der Waals surface area (Å²) >= 11 is 0. The highest BCUT2D eigenvalue weighted by molar-refractivity contribution is 6.31.